The Bertz CT molecular complexity index is 841. The van der Waals surface area contributed by atoms with Gasteiger partial charge in [0.2, 0.25) is 5.95 Å². The molecular weight excluding hydrogens is 312 g/mol. The van der Waals surface area contributed by atoms with Crippen LogP contribution in [0.4, 0.5) is 5.95 Å². The minimum atomic E-state index is -0.630. The molecule has 1 fully saturated rings. The number of rotatable bonds is 4. The molecule has 9 nitrogen and oxygen atoms in total. The van der Waals surface area contributed by atoms with Crippen molar-refractivity contribution in [1.29, 1.82) is 0 Å². The smallest absolute Gasteiger partial charge is 0.329 e. The molecule has 9 heteroatoms. The summed E-state index contributed by atoms with van der Waals surface area (Å²) >= 11 is 0. The summed E-state index contributed by atoms with van der Waals surface area (Å²) in [7, 11) is 1.58. The third-order valence-corrected chi connectivity index (χ3v) is 4.54. The van der Waals surface area contributed by atoms with Gasteiger partial charge in [0.15, 0.2) is 11.2 Å². The molecule has 2 aromatic rings. The van der Waals surface area contributed by atoms with Gasteiger partial charge < -0.3 is 19.5 Å². The monoisotopic (exact) mass is 336 g/mol. The number of aliphatic hydroxyl groups excluding tert-OH is 1. The van der Waals surface area contributed by atoms with Crippen LogP contribution in [-0.4, -0.2) is 67.9 Å². The third kappa shape index (κ3) is 2.84. The number of aliphatic hydroxyl groups is 1. The first-order valence-electron chi connectivity index (χ1n) is 8.27. The van der Waals surface area contributed by atoms with Gasteiger partial charge in [0.05, 0.1) is 12.6 Å². The molecule has 0 saturated carbocycles. The molecular formula is C15H24N6O3. The molecule has 132 valence electrons. The van der Waals surface area contributed by atoms with E-state index in [1.165, 1.54) is 4.57 Å². The Morgan fingerprint density at radius 2 is 1.92 bits per heavy atom. The van der Waals surface area contributed by atoms with Crippen LogP contribution in [0.25, 0.3) is 11.2 Å². The van der Waals surface area contributed by atoms with Crippen LogP contribution in [-0.2, 0) is 13.6 Å². The highest BCUT2D eigenvalue weighted by molar-refractivity contribution is 5.74. The molecule has 0 bridgehead atoms. The zero-order valence-electron chi connectivity index (χ0n) is 14.3. The van der Waals surface area contributed by atoms with E-state index >= 15 is 0 Å². The van der Waals surface area contributed by atoms with Gasteiger partial charge in [-0.05, 0) is 13.5 Å². The second kappa shape index (κ2) is 6.40. The summed E-state index contributed by atoms with van der Waals surface area (Å²) in [6.07, 6.45) is -0.630. The van der Waals surface area contributed by atoms with Crippen LogP contribution in [0.3, 0.4) is 0 Å². The van der Waals surface area contributed by atoms with Crippen molar-refractivity contribution >= 4 is 17.1 Å². The Balaban J connectivity index is 2.13. The van der Waals surface area contributed by atoms with Crippen LogP contribution in [0.15, 0.2) is 9.59 Å². The maximum atomic E-state index is 12.3. The fraction of sp³-hybridized carbons (Fsp3) is 0.667. The molecule has 1 aliphatic heterocycles. The van der Waals surface area contributed by atoms with Crippen LogP contribution < -0.4 is 16.1 Å². The number of imidazole rings is 1. The number of nitrogens with one attached hydrogen (secondary N) is 1. The molecule has 0 spiro atoms. The van der Waals surface area contributed by atoms with Crippen LogP contribution in [0, 0.1) is 0 Å². The molecule has 2 N–H and O–H groups in total. The van der Waals surface area contributed by atoms with Gasteiger partial charge in [-0.1, -0.05) is 6.92 Å². The summed E-state index contributed by atoms with van der Waals surface area (Å²) in [6, 6.07) is 0. The summed E-state index contributed by atoms with van der Waals surface area (Å²) in [5.41, 5.74) is -0.292. The van der Waals surface area contributed by atoms with Gasteiger partial charge in [-0.2, -0.15) is 4.98 Å². The largest absolute Gasteiger partial charge is 0.392 e. The number of anilines is 1. The van der Waals surface area contributed by atoms with Gasteiger partial charge in [-0.3, -0.25) is 14.3 Å². The third-order valence-electron chi connectivity index (χ3n) is 4.54. The summed E-state index contributed by atoms with van der Waals surface area (Å²) in [5, 5.41) is 9.85. The maximum Gasteiger partial charge on any atom is 0.329 e. The topological polar surface area (TPSA) is 99.4 Å². The van der Waals surface area contributed by atoms with Crippen molar-refractivity contribution in [1.82, 2.24) is 24.0 Å². The Kier molecular flexibility index (Phi) is 4.46. The second-order valence-electron chi connectivity index (χ2n) is 6.28. The quantitative estimate of drug-likeness (QED) is 0.739. The Hall–Kier alpha value is -2.13. The van der Waals surface area contributed by atoms with E-state index in [1.54, 1.807) is 18.5 Å². The summed E-state index contributed by atoms with van der Waals surface area (Å²) in [6.45, 7) is 8.49. The van der Waals surface area contributed by atoms with Crippen LogP contribution >= 0.6 is 0 Å². The van der Waals surface area contributed by atoms with Gasteiger partial charge in [0.25, 0.3) is 5.56 Å². The number of nitrogens with zero attached hydrogens (tertiary/aromatic N) is 5. The molecule has 0 aliphatic carbocycles. The first-order chi connectivity index (χ1) is 11.4. The molecule has 0 radical (unpaired) electrons. The number of aromatic nitrogens is 4. The number of H-pyrrole nitrogens is 1. The summed E-state index contributed by atoms with van der Waals surface area (Å²) < 4.78 is 3.06. The number of fused-ring (bicyclic) bond motifs is 1. The number of aromatic amines is 1. The average Bonchev–Trinajstić information content (AvgIpc) is 2.92. The molecule has 24 heavy (non-hydrogen) atoms. The maximum absolute atomic E-state index is 12.3. The number of piperazine rings is 1. The highest BCUT2D eigenvalue weighted by atomic mass is 16.3. The van der Waals surface area contributed by atoms with Crippen molar-refractivity contribution < 1.29 is 5.11 Å². The number of hydrogen-bond acceptors (Lipinski definition) is 6. The van der Waals surface area contributed by atoms with Gasteiger partial charge in [-0.15, -0.1) is 0 Å². The number of likely N-dealkylation sites (N-methyl/N-ethyl adjacent to an activating group) is 1. The minimum Gasteiger partial charge on any atom is -0.392 e. The van der Waals surface area contributed by atoms with E-state index in [0.29, 0.717) is 17.1 Å². The molecule has 1 atom stereocenters. The van der Waals surface area contributed by atoms with Crippen molar-refractivity contribution in [3.8, 4) is 0 Å². The first kappa shape index (κ1) is 16.7. The lowest BCUT2D eigenvalue weighted by atomic mass is 10.3. The molecule has 3 rings (SSSR count). The lowest BCUT2D eigenvalue weighted by molar-refractivity contribution is 0.175. The van der Waals surface area contributed by atoms with Crippen molar-refractivity contribution in [3.63, 3.8) is 0 Å². The first-order valence-corrected chi connectivity index (χ1v) is 8.27. The van der Waals surface area contributed by atoms with E-state index in [9.17, 15) is 14.7 Å². The minimum absolute atomic E-state index is 0.251. The summed E-state index contributed by atoms with van der Waals surface area (Å²) in [4.78, 5) is 35.5. The molecule has 0 unspecified atom stereocenters. The highest BCUT2D eigenvalue weighted by Crippen LogP contribution is 2.21. The van der Waals surface area contributed by atoms with Gasteiger partial charge in [0, 0.05) is 33.2 Å². The van der Waals surface area contributed by atoms with Crippen LogP contribution in [0.1, 0.15) is 13.8 Å². The fourth-order valence-corrected chi connectivity index (χ4v) is 3.17. The van der Waals surface area contributed by atoms with E-state index in [0.717, 1.165) is 32.7 Å². The number of hydrogen-bond donors (Lipinski definition) is 2. The van der Waals surface area contributed by atoms with Crippen molar-refractivity contribution in [2.75, 3.05) is 37.6 Å². The summed E-state index contributed by atoms with van der Waals surface area (Å²) in [5.74, 6) is 0.633. The Morgan fingerprint density at radius 1 is 1.25 bits per heavy atom. The van der Waals surface area contributed by atoms with Gasteiger partial charge in [0.1, 0.15) is 0 Å². The van der Waals surface area contributed by atoms with Gasteiger partial charge in [-0.25, -0.2) is 4.79 Å². The molecule has 1 saturated heterocycles. The molecule has 2 aromatic heterocycles. The van der Waals surface area contributed by atoms with Gasteiger partial charge >= 0.3 is 5.69 Å². The molecule has 0 amide bonds. The van der Waals surface area contributed by atoms with Crippen LogP contribution in [0.5, 0.6) is 0 Å². The van der Waals surface area contributed by atoms with E-state index < -0.39 is 17.4 Å². The molecule has 1 aliphatic rings. The predicted molar refractivity (Wildman–Crippen MR) is 91.6 cm³/mol. The lowest BCUT2D eigenvalue weighted by Crippen LogP contribution is -2.47. The lowest BCUT2D eigenvalue weighted by Gasteiger charge is -2.34. The normalized spacial score (nSPS) is 17.6. The number of aryl methyl sites for hydroxylation is 1. The van der Waals surface area contributed by atoms with Crippen molar-refractivity contribution in [2.45, 2.75) is 26.5 Å². The SMILES string of the molecule is CCN1CCN(c2nc3c(c(=O)[nH]c(=O)n3C)n2C[C@H](C)O)CC1. The molecule has 3 heterocycles. The van der Waals surface area contributed by atoms with E-state index in [4.69, 9.17) is 0 Å². The average molecular weight is 336 g/mol. The standard InChI is InChI=1S/C15H24N6O3/c1-4-19-5-7-20(8-6-19)14-16-12-11(21(14)9-10(2)22)13(23)17-15(24)18(12)3/h10,22H,4-9H2,1-3H3,(H,17,23,24)/t10-/m0/s1. The van der Waals surface area contributed by atoms with Crippen molar-refractivity contribution in [3.05, 3.63) is 20.8 Å². The molecule has 0 aromatic carbocycles. The predicted octanol–water partition coefficient (Wildman–Crippen LogP) is -1.05. The fourth-order valence-electron chi connectivity index (χ4n) is 3.17. The highest BCUT2D eigenvalue weighted by Gasteiger charge is 2.24. The Labute approximate surface area is 139 Å². The second-order valence-corrected chi connectivity index (χ2v) is 6.28. The zero-order valence-corrected chi connectivity index (χ0v) is 14.3. The van der Waals surface area contributed by atoms with Crippen molar-refractivity contribution in [2.24, 2.45) is 7.05 Å². The van der Waals surface area contributed by atoms with E-state index in [1.807, 2.05) is 0 Å². The van der Waals surface area contributed by atoms with Crippen LogP contribution in [0.2, 0.25) is 0 Å². The van der Waals surface area contributed by atoms with E-state index in [2.05, 4.69) is 26.7 Å². The Morgan fingerprint density at radius 3 is 2.50 bits per heavy atom. The zero-order chi connectivity index (χ0) is 17.4. The van der Waals surface area contributed by atoms with E-state index in [-0.39, 0.29) is 6.54 Å².